The van der Waals surface area contributed by atoms with Crippen molar-refractivity contribution in [1.82, 2.24) is 0 Å². The zero-order valence-electron chi connectivity index (χ0n) is 14.6. The maximum atomic E-state index is 12.4. The summed E-state index contributed by atoms with van der Waals surface area (Å²) < 4.78 is 5.99. The number of non-ortho nitro benzene ring substituents is 1. The summed E-state index contributed by atoms with van der Waals surface area (Å²) in [6.45, 7) is 0. The number of nitro benzene ring substituents is 1. The summed E-state index contributed by atoms with van der Waals surface area (Å²) in [6, 6.07) is 16.1. The summed E-state index contributed by atoms with van der Waals surface area (Å²) in [5, 5.41) is 23.2. The van der Waals surface area contributed by atoms with Crippen molar-refractivity contribution in [2.75, 3.05) is 5.32 Å². The number of carbonyl (C=O) groups is 1. The van der Waals surface area contributed by atoms with Gasteiger partial charge in [-0.25, -0.2) is 0 Å². The van der Waals surface area contributed by atoms with Crippen molar-refractivity contribution >= 4 is 50.9 Å². The Balaban J connectivity index is 1.81. The number of nitro groups is 1. The van der Waals surface area contributed by atoms with Crippen LogP contribution in [-0.4, -0.2) is 10.8 Å². The third-order valence-electron chi connectivity index (χ3n) is 3.80. The molecule has 0 saturated carbocycles. The molecule has 1 N–H and O–H groups in total. The van der Waals surface area contributed by atoms with Gasteiger partial charge in [0.05, 0.1) is 10.6 Å². The first-order chi connectivity index (χ1) is 13.9. The minimum atomic E-state index is -0.678. The van der Waals surface area contributed by atoms with Crippen LogP contribution in [0.25, 0.3) is 17.4 Å². The Morgan fingerprint density at radius 1 is 1.24 bits per heavy atom. The monoisotopic (exact) mass is 471 g/mol. The average molecular weight is 473 g/mol. The molecule has 9 heteroatoms. The SMILES string of the molecule is N#C/C(=C\c1ccc(-c2cccc(Cl)c2)o1)C(=O)Nc1ccc([N+](=O)[O-])cc1Br. The Hall–Kier alpha value is -3.41. The van der Waals surface area contributed by atoms with E-state index in [2.05, 4.69) is 21.2 Å². The van der Waals surface area contributed by atoms with Crippen molar-refractivity contribution in [3.8, 4) is 17.4 Å². The molecule has 1 amide bonds. The molecule has 0 aliphatic heterocycles. The second-order valence-corrected chi connectivity index (χ2v) is 7.05. The van der Waals surface area contributed by atoms with E-state index in [1.807, 2.05) is 12.1 Å². The fraction of sp³-hybridized carbons (Fsp3) is 0. The van der Waals surface area contributed by atoms with Crippen molar-refractivity contribution < 1.29 is 14.1 Å². The van der Waals surface area contributed by atoms with E-state index in [0.717, 1.165) is 5.56 Å². The molecule has 0 radical (unpaired) electrons. The first-order valence-corrected chi connectivity index (χ1v) is 9.27. The van der Waals surface area contributed by atoms with E-state index in [-0.39, 0.29) is 11.3 Å². The first kappa shape index (κ1) is 20.3. The van der Waals surface area contributed by atoms with Crippen LogP contribution in [0, 0.1) is 21.4 Å². The summed E-state index contributed by atoms with van der Waals surface area (Å²) in [7, 11) is 0. The van der Waals surface area contributed by atoms with Crippen LogP contribution in [-0.2, 0) is 4.79 Å². The number of rotatable bonds is 5. The lowest BCUT2D eigenvalue weighted by Gasteiger charge is -2.06. The van der Waals surface area contributed by atoms with Crippen LogP contribution in [0.3, 0.4) is 0 Å². The van der Waals surface area contributed by atoms with Crippen LogP contribution in [0.4, 0.5) is 11.4 Å². The molecule has 7 nitrogen and oxygen atoms in total. The van der Waals surface area contributed by atoms with Crippen molar-refractivity contribution in [2.24, 2.45) is 0 Å². The number of carbonyl (C=O) groups excluding carboxylic acids is 1. The summed E-state index contributed by atoms with van der Waals surface area (Å²) in [5.41, 5.74) is 0.730. The topological polar surface area (TPSA) is 109 Å². The number of amides is 1. The zero-order valence-corrected chi connectivity index (χ0v) is 16.9. The number of nitrogens with one attached hydrogen (secondary N) is 1. The van der Waals surface area contributed by atoms with Gasteiger partial charge in [-0.2, -0.15) is 5.26 Å². The molecule has 2 aromatic carbocycles. The minimum absolute atomic E-state index is 0.130. The Kier molecular flexibility index (Phi) is 6.12. The Morgan fingerprint density at radius 3 is 2.69 bits per heavy atom. The van der Waals surface area contributed by atoms with Crippen LogP contribution < -0.4 is 5.32 Å². The van der Waals surface area contributed by atoms with Gasteiger partial charge in [0, 0.05) is 33.3 Å². The molecule has 0 saturated heterocycles. The van der Waals surface area contributed by atoms with E-state index in [1.54, 1.807) is 30.3 Å². The van der Waals surface area contributed by atoms with Crippen LogP contribution >= 0.6 is 27.5 Å². The molecule has 1 heterocycles. The molecule has 0 aliphatic rings. The zero-order chi connectivity index (χ0) is 21.0. The number of hydrogen-bond acceptors (Lipinski definition) is 5. The van der Waals surface area contributed by atoms with Gasteiger partial charge in [0.1, 0.15) is 23.2 Å². The van der Waals surface area contributed by atoms with E-state index in [9.17, 15) is 20.2 Å². The highest BCUT2D eigenvalue weighted by molar-refractivity contribution is 9.10. The van der Waals surface area contributed by atoms with E-state index < -0.39 is 10.8 Å². The minimum Gasteiger partial charge on any atom is -0.457 e. The molecule has 0 aliphatic carbocycles. The maximum Gasteiger partial charge on any atom is 0.270 e. The normalized spacial score (nSPS) is 11.0. The second-order valence-electron chi connectivity index (χ2n) is 5.76. The smallest absolute Gasteiger partial charge is 0.270 e. The molecular weight excluding hydrogens is 462 g/mol. The van der Waals surface area contributed by atoms with Gasteiger partial charge in [-0.1, -0.05) is 23.7 Å². The predicted octanol–water partition coefficient (Wildman–Crippen LogP) is 5.82. The highest BCUT2D eigenvalue weighted by Gasteiger charge is 2.15. The number of furan rings is 1. The molecular formula is C20H11BrClN3O4. The largest absolute Gasteiger partial charge is 0.457 e. The lowest BCUT2D eigenvalue weighted by molar-refractivity contribution is -0.384. The number of halogens is 2. The number of hydrogen-bond donors (Lipinski definition) is 1. The summed E-state index contributed by atoms with van der Waals surface area (Å²) in [6.07, 6.45) is 1.31. The molecule has 0 bridgehead atoms. The molecule has 29 heavy (non-hydrogen) atoms. The Morgan fingerprint density at radius 2 is 2.03 bits per heavy atom. The summed E-state index contributed by atoms with van der Waals surface area (Å²) in [4.78, 5) is 22.7. The van der Waals surface area contributed by atoms with Gasteiger partial charge in [0.15, 0.2) is 0 Å². The van der Waals surface area contributed by atoms with Crippen LogP contribution in [0.2, 0.25) is 5.02 Å². The van der Waals surface area contributed by atoms with Crippen molar-refractivity contribution in [2.45, 2.75) is 0 Å². The van der Waals surface area contributed by atoms with E-state index in [1.165, 1.54) is 24.3 Å². The Labute approximate surface area is 178 Å². The second kappa shape index (κ2) is 8.73. The maximum absolute atomic E-state index is 12.4. The van der Waals surface area contributed by atoms with Gasteiger partial charge in [-0.05, 0) is 46.3 Å². The first-order valence-electron chi connectivity index (χ1n) is 8.10. The standard InChI is InChI=1S/C20H11BrClN3O4/c21-17-10-15(25(27)28)4-6-18(17)24-20(26)13(11-23)9-16-5-7-19(29-16)12-2-1-3-14(22)8-12/h1-10H,(H,24,26)/b13-9+. The molecule has 0 spiro atoms. The van der Waals surface area contributed by atoms with Crippen molar-refractivity contribution in [1.29, 1.82) is 5.26 Å². The lowest BCUT2D eigenvalue weighted by Crippen LogP contribution is -2.13. The summed E-state index contributed by atoms with van der Waals surface area (Å²) >= 11 is 9.14. The van der Waals surface area contributed by atoms with Gasteiger partial charge in [0.25, 0.3) is 11.6 Å². The molecule has 144 valence electrons. The molecule has 3 rings (SSSR count). The highest BCUT2D eigenvalue weighted by Crippen LogP contribution is 2.28. The fourth-order valence-electron chi connectivity index (χ4n) is 2.43. The predicted molar refractivity (Wildman–Crippen MR) is 112 cm³/mol. The van der Waals surface area contributed by atoms with Gasteiger partial charge in [-0.3, -0.25) is 14.9 Å². The van der Waals surface area contributed by atoms with Crippen LogP contribution in [0.15, 0.2) is 69.1 Å². The van der Waals surface area contributed by atoms with Crippen molar-refractivity contribution in [3.63, 3.8) is 0 Å². The van der Waals surface area contributed by atoms with E-state index in [0.29, 0.717) is 26.7 Å². The number of benzene rings is 2. The number of nitriles is 1. The summed E-state index contributed by atoms with van der Waals surface area (Å²) in [5.74, 6) is 0.173. The number of anilines is 1. The van der Waals surface area contributed by atoms with Crippen LogP contribution in [0.1, 0.15) is 5.76 Å². The van der Waals surface area contributed by atoms with Gasteiger partial charge in [0.2, 0.25) is 0 Å². The van der Waals surface area contributed by atoms with Gasteiger partial charge < -0.3 is 9.73 Å². The highest BCUT2D eigenvalue weighted by atomic mass is 79.9. The van der Waals surface area contributed by atoms with Crippen molar-refractivity contribution in [3.05, 3.63) is 85.5 Å². The number of nitrogens with zero attached hydrogens (tertiary/aromatic N) is 2. The molecule has 0 fully saturated rings. The molecule has 1 aromatic heterocycles. The fourth-order valence-corrected chi connectivity index (χ4v) is 3.08. The lowest BCUT2D eigenvalue weighted by atomic mass is 10.2. The van der Waals surface area contributed by atoms with Gasteiger partial charge >= 0.3 is 0 Å². The Bertz CT molecular complexity index is 1180. The molecule has 3 aromatic rings. The van der Waals surface area contributed by atoms with E-state index in [4.69, 9.17) is 16.0 Å². The third kappa shape index (κ3) is 4.90. The quantitative estimate of drug-likeness (QED) is 0.218. The molecule has 0 atom stereocenters. The average Bonchev–Trinajstić information content (AvgIpc) is 3.16. The van der Waals surface area contributed by atoms with Crippen LogP contribution in [0.5, 0.6) is 0 Å². The third-order valence-corrected chi connectivity index (χ3v) is 4.69. The van der Waals surface area contributed by atoms with E-state index >= 15 is 0 Å². The van der Waals surface area contributed by atoms with Gasteiger partial charge in [-0.15, -0.1) is 0 Å². The molecule has 0 unspecified atom stereocenters.